The lowest BCUT2D eigenvalue weighted by molar-refractivity contribution is -0.141. The summed E-state index contributed by atoms with van der Waals surface area (Å²) >= 11 is 0. The van der Waals surface area contributed by atoms with Crippen LogP contribution >= 0.6 is 0 Å². The summed E-state index contributed by atoms with van der Waals surface area (Å²) in [6.07, 6.45) is -0.661. The smallest absolute Gasteiger partial charge is 0.315 e. The zero-order chi connectivity index (χ0) is 17.4. The number of nitrogens with one attached hydrogen (secondary N) is 2. The number of halogens is 2. The van der Waals surface area contributed by atoms with E-state index in [1.807, 2.05) is 0 Å². The largest absolute Gasteiger partial charge is 0.402 e. The molecule has 1 atom stereocenters. The summed E-state index contributed by atoms with van der Waals surface area (Å²) in [7, 11) is 0. The molecule has 134 valence electrons. The number of amides is 1. The maximum Gasteiger partial charge on any atom is 0.315 e. The minimum Gasteiger partial charge on any atom is -0.402 e. The molecule has 10 heteroatoms. The highest BCUT2D eigenvalue weighted by Crippen LogP contribution is 2.34. The fourth-order valence-electron chi connectivity index (χ4n) is 3.05. The Morgan fingerprint density at radius 2 is 2.21 bits per heavy atom. The van der Waals surface area contributed by atoms with Crippen molar-refractivity contribution in [2.75, 3.05) is 18.5 Å². The molecule has 2 fully saturated rings. The molecule has 0 aromatic carbocycles. The first-order valence-electron chi connectivity index (χ1n) is 7.82. The molecule has 0 spiro atoms. The summed E-state index contributed by atoms with van der Waals surface area (Å²) in [5, 5.41) is 22.5. The van der Waals surface area contributed by atoms with Gasteiger partial charge in [0.2, 0.25) is 0 Å². The highest BCUT2D eigenvalue weighted by Gasteiger charge is 2.45. The van der Waals surface area contributed by atoms with Crippen LogP contribution in [0.15, 0.2) is 4.42 Å². The number of ether oxygens (including phenoxy) is 1. The van der Waals surface area contributed by atoms with Gasteiger partial charge in [-0.2, -0.15) is 8.78 Å². The Bertz CT molecular complexity index is 597. The van der Waals surface area contributed by atoms with Gasteiger partial charge in [0.25, 0.3) is 11.8 Å². The number of nitrogens with zero attached hydrogens (tertiary/aromatic N) is 2. The first kappa shape index (κ1) is 17.0. The van der Waals surface area contributed by atoms with Gasteiger partial charge in [-0.25, -0.2) is 0 Å². The van der Waals surface area contributed by atoms with Crippen molar-refractivity contribution >= 4 is 11.9 Å². The average Bonchev–Trinajstić information content (AvgIpc) is 3.13. The van der Waals surface area contributed by atoms with Crippen LogP contribution in [-0.2, 0) is 9.53 Å². The van der Waals surface area contributed by atoms with Crippen molar-refractivity contribution in [1.29, 1.82) is 0 Å². The van der Waals surface area contributed by atoms with E-state index >= 15 is 0 Å². The molecule has 1 amide bonds. The summed E-state index contributed by atoms with van der Waals surface area (Å²) in [4.78, 5) is 12.1. The molecule has 1 aromatic rings. The molecule has 3 rings (SSSR count). The van der Waals surface area contributed by atoms with Crippen LogP contribution in [0.25, 0.3) is 0 Å². The second-order valence-electron chi connectivity index (χ2n) is 6.59. The van der Waals surface area contributed by atoms with Crippen molar-refractivity contribution in [1.82, 2.24) is 15.5 Å². The number of aromatic nitrogens is 2. The number of rotatable bonds is 6. The molecule has 1 saturated carbocycles. The second-order valence-corrected chi connectivity index (χ2v) is 6.59. The first-order valence-corrected chi connectivity index (χ1v) is 7.82. The van der Waals surface area contributed by atoms with Crippen molar-refractivity contribution in [3.63, 3.8) is 0 Å². The Morgan fingerprint density at radius 1 is 1.46 bits per heavy atom. The van der Waals surface area contributed by atoms with Gasteiger partial charge in [0.05, 0.1) is 5.60 Å². The lowest BCUT2D eigenvalue weighted by atomic mass is 9.75. The van der Waals surface area contributed by atoms with Gasteiger partial charge in [-0.3, -0.25) is 4.79 Å². The second kappa shape index (κ2) is 6.25. The van der Waals surface area contributed by atoms with Gasteiger partial charge >= 0.3 is 12.4 Å². The van der Waals surface area contributed by atoms with E-state index in [1.165, 1.54) is 0 Å². The van der Waals surface area contributed by atoms with Crippen LogP contribution in [0.2, 0.25) is 0 Å². The zero-order valence-electron chi connectivity index (χ0n) is 13.2. The van der Waals surface area contributed by atoms with E-state index in [0.717, 1.165) is 6.42 Å². The lowest BCUT2D eigenvalue weighted by Gasteiger charge is -2.43. The molecule has 24 heavy (non-hydrogen) atoms. The quantitative estimate of drug-likeness (QED) is 0.705. The van der Waals surface area contributed by atoms with Crippen LogP contribution in [-0.4, -0.2) is 51.6 Å². The maximum absolute atomic E-state index is 12.4. The molecule has 2 aliphatic rings. The van der Waals surface area contributed by atoms with Crippen molar-refractivity contribution in [3.05, 3.63) is 5.89 Å². The van der Waals surface area contributed by atoms with Crippen LogP contribution in [0.1, 0.15) is 44.9 Å². The molecular weight excluding hydrogens is 326 g/mol. The minimum absolute atomic E-state index is 0.103. The van der Waals surface area contributed by atoms with Gasteiger partial charge < -0.3 is 24.9 Å². The summed E-state index contributed by atoms with van der Waals surface area (Å²) in [6, 6.07) is -0.288. The fourth-order valence-corrected chi connectivity index (χ4v) is 3.05. The molecule has 0 bridgehead atoms. The van der Waals surface area contributed by atoms with Gasteiger partial charge in [-0.05, 0) is 32.6 Å². The molecule has 1 saturated heterocycles. The Kier molecular flexibility index (Phi) is 4.43. The number of hydrogen-bond donors (Lipinski definition) is 3. The van der Waals surface area contributed by atoms with Gasteiger partial charge in [-0.15, -0.1) is 5.10 Å². The highest BCUT2D eigenvalue weighted by molar-refractivity contribution is 5.85. The van der Waals surface area contributed by atoms with Gasteiger partial charge in [0.1, 0.15) is 5.60 Å². The molecular formula is C14H20F2N4O4. The molecule has 8 nitrogen and oxygen atoms in total. The summed E-state index contributed by atoms with van der Waals surface area (Å²) in [6.45, 7) is 2.40. The van der Waals surface area contributed by atoms with Gasteiger partial charge in [0, 0.05) is 19.2 Å². The Morgan fingerprint density at radius 3 is 2.79 bits per heavy atom. The number of anilines is 1. The van der Waals surface area contributed by atoms with E-state index in [4.69, 9.17) is 9.15 Å². The first-order chi connectivity index (χ1) is 11.3. The van der Waals surface area contributed by atoms with Crippen molar-refractivity contribution in [3.8, 4) is 0 Å². The SMILES string of the molecule is CC1(C(=O)NCC2(O)CC(Nc3nnc(C(F)F)o3)C2)CCCO1. The molecule has 1 aliphatic carbocycles. The number of aliphatic hydroxyl groups is 1. The van der Waals surface area contributed by atoms with Crippen molar-refractivity contribution in [2.45, 2.75) is 56.3 Å². The van der Waals surface area contributed by atoms with E-state index in [9.17, 15) is 18.7 Å². The van der Waals surface area contributed by atoms with Crippen molar-refractivity contribution < 1.29 is 27.8 Å². The van der Waals surface area contributed by atoms with E-state index < -0.39 is 23.5 Å². The molecule has 1 unspecified atom stereocenters. The monoisotopic (exact) mass is 346 g/mol. The third-order valence-electron chi connectivity index (χ3n) is 4.48. The van der Waals surface area contributed by atoms with Crippen LogP contribution < -0.4 is 10.6 Å². The molecule has 0 radical (unpaired) electrons. The third kappa shape index (κ3) is 3.48. The Balaban J connectivity index is 1.43. The highest BCUT2D eigenvalue weighted by atomic mass is 19.3. The van der Waals surface area contributed by atoms with E-state index in [0.29, 0.717) is 25.9 Å². The molecule has 1 aliphatic heterocycles. The predicted molar refractivity (Wildman–Crippen MR) is 77.5 cm³/mol. The predicted octanol–water partition coefficient (Wildman–Crippen LogP) is 0.998. The minimum atomic E-state index is -2.82. The van der Waals surface area contributed by atoms with E-state index in [2.05, 4.69) is 20.8 Å². The normalized spacial score (nSPS) is 32.6. The molecule has 1 aromatic heterocycles. The van der Waals surface area contributed by atoms with Gasteiger partial charge in [0.15, 0.2) is 0 Å². The standard InChI is InChI=1S/C14H20F2N4O4/c1-13(3-2-4-23-13)11(21)17-7-14(22)5-8(6-14)18-12-20-19-10(24-12)9(15)16/h8-9,22H,2-7H2,1H3,(H,17,21)(H,18,20). The Hall–Kier alpha value is -1.81. The van der Waals surface area contributed by atoms with Crippen LogP contribution in [0.5, 0.6) is 0 Å². The number of alkyl halides is 2. The summed E-state index contributed by atoms with van der Waals surface area (Å²) in [5.41, 5.74) is -1.87. The number of carbonyl (C=O) groups excluding carboxylic acids is 1. The van der Waals surface area contributed by atoms with E-state index in [1.54, 1.807) is 6.92 Å². The maximum atomic E-state index is 12.4. The van der Waals surface area contributed by atoms with Crippen LogP contribution in [0.4, 0.5) is 14.8 Å². The number of hydrogen-bond acceptors (Lipinski definition) is 7. The van der Waals surface area contributed by atoms with Crippen molar-refractivity contribution in [2.24, 2.45) is 0 Å². The average molecular weight is 346 g/mol. The third-order valence-corrected chi connectivity index (χ3v) is 4.48. The summed E-state index contributed by atoms with van der Waals surface area (Å²) < 4.78 is 34.9. The lowest BCUT2D eigenvalue weighted by Crippen LogP contribution is -2.58. The van der Waals surface area contributed by atoms with Gasteiger partial charge in [-0.1, -0.05) is 5.10 Å². The van der Waals surface area contributed by atoms with Crippen LogP contribution in [0, 0.1) is 0 Å². The number of carbonyl (C=O) groups is 1. The zero-order valence-corrected chi connectivity index (χ0v) is 13.2. The van der Waals surface area contributed by atoms with E-state index in [-0.39, 0.29) is 24.5 Å². The Labute approximate surface area is 137 Å². The fraction of sp³-hybridized carbons (Fsp3) is 0.786. The molecule has 2 heterocycles. The topological polar surface area (TPSA) is 110 Å². The molecule has 3 N–H and O–H groups in total. The van der Waals surface area contributed by atoms with Crippen LogP contribution in [0.3, 0.4) is 0 Å². The summed E-state index contributed by atoms with van der Waals surface area (Å²) in [5.74, 6) is -0.979.